The minimum Gasteiger partial charge on any atom is -0.423 e. The molecule has 1 atom stereocenters. The van der Waals surface area contributed by atoms with Crippen molar-refractivity contribution < 1.29 is 9.21 Å². The number of carbonyl (C=O) groups excluding carboxylic acids is 1. The number of benzene rings is 1. The van der Waals surface area contributed by atoms with Gasteiger partial charge in [-0.25, -0.2) is 0 Å². The molecule has 5 nitrogen and oxygen atoms in total. The van der Waals surface area contributed by atoms with Crippen LogP contribution in [0.4, 0.5) is 5.69 Å². The Labute approximate surface area is 116 Å². The fraction of sp³-hybridized carbons (Fsp3) is 0.308. The van der Waals surface area contributed by atoms with Gasteiger partial charge in [0.15, 0.2) is 0 Å². The Balaban J connectivity index is 2.18. The minimum absolute atomic E-state index is 0.0939. The van der Waals surface area contributed by atoms with Crippen molar-refractivity contribution in [2.24, 2.45) is 5.92 Å². The van der Waals surface area contributed by atoms with Crippen LogP contribution in [-0.2, 0) is 4.79 Å². The maximum Gasteiger partial charge on any atom is 0.247 e. The molecule has 1 heterocycles. The number of aromatic nitrogens is 2. The van der Waals surface area contributed by atoms with Crippen LogP contribution in [0.15, 0.2) is 29.0 Å². The highest BCUT2D eigenvalue weighted by Gasteiger charge is 2.13. The van der Waals surface area contributed by atoms with Gasteiger partial charge in [0.1, 0.15) is 0 Å². The molecular formula is C13H14ClN3O2. The SMILES string of the molecule is Cc1cc(-c2nnco2)ccc1NC(=O)C(C)CCl. The quantitative estimate of drug-likeness (QED) is 0.874. The van der Waals surface area contributed by atoms with Crippen LogP contribution in [0.25, 0.3) is 11.5 Å². The number of carbonyl (C=O) groups is 1. The number of nitrogens with zero attached hydrogens (tertiary/aromatic N) is 2. The molecule has 2 aromatic rings. The van der Waals surface area contributed by atoms with Gasteiger partial charge in [0.2, 0.25) is 18.2 Å². The Bertz CT molecular complexity index is 569. The van der Waals surface area contributed by atoms with E-state index >= 15 is 0 Å². The average molecular weight is 280 g/mol. The summed E-state index contributed by atoms with van der Waals surface area (Å²) in [7, 11) is 0. The van der Waals surface area contributed by atoms with E-state index in [1.807, 2.05) is 25.1 Å². The van der Waals surface area contributed by atoms with E-state index in [-0.39, 0.29) is 11.8 Å². The van der Waals surface area contributed by atoms with Crippen molar-refractivity contribution in [2.75, 3.05) is 11.2 Å². The first kappa shape index (κ1) is 13.5. The molecule has 19 heavy (non-hydrogen) atoms. The smallest absolute Gasteiger partial charge is 0.247 e. The second-order valence-electron chi connectivity index (χ2n) is 4.32. The van der Waals surface area contributed by atoms with Crippen molar-refractivity contribution in [3.63, 3.8) is 0 Å². The highest BCUT2D eigenvalue weighted by Crippen LogP contribution is 2.23. The molecule has 1 N–H and O–H groups in total. The molecule has 0 aliphatic rings. The van der Waals surface area contributed by atoms with Gasteiger partial charge in [0.25, 0.3) is 0 Å². The standard InChI is InChI=1S/C13H14ClN3O2/c1-8-5-10(13-17-15-7-19-13)3-4-11(8)16-12(18)9(2)6-14/h3-5,7,9H,6H2,1-2H3,(H,16,18). The zero-order valence-corrected chi connectivity index (χ0v) is 11.4. The summed E-state index contributed by atoms with van der Waals surface area (Å²) < 4.78 is 5.12. The molecule has 0 fully saturated rings. The van der Waals surface area contributed by atoms with Crippen molar-refractivity contribution in [3.05, 3.63) is 30.2 Å². The van der Waals surface area contributed by atoms with E-state index in [1.54, 1.807) is 6.92 Å². The first-order valence-corrected chi connectivity index (χ1v) is 6.39. The predicted octanol–water partition coefficient (Wildman–Crippen LogP) is 2.86. The van der Waals surface area contributed by atoms with E-state index < -0.39 is 0 Å². The summed E-state index contributed by atoms with van der Waals surface area (Å²) in [5.74, 6) is 0.431. The van der Waals surface area contributed by atoms with E-state index in [0.29, 0.717) is 11.8 Å². The van der Waals surface area contributed by atoms with Crippen molar-refractivity contribution in [1.29, 1.82) is 0 Å². The van der Waals surface area contributed by atoms with Crippen molar-refractivity contribution >= 4 is 23.2 Å². The minimum atomic E-state index is -0.225. The van der Waals surface area contributed by atoms with Gasteiger partial charge in [-0.2, -0.15) is 0 Å². The lowest BCUT2D eigenvalue weighted by molar-refractivity contribution is -0.118. The number of hydrogen-bond acceptors (Lipinski definition) is 4. The molecule has 0 radical (unpaired) electrons. The van der Waals surface area contributed by atoms with Crippen molar-refractivity contribution in [3.8, 4) is 11.5 Å². The summed E-state index contributed by atoms with van der Waals surface area (Å²) in [5, 5.41) is 10.3. The molecule has 0 saturated heterocycles. The lowest BCUT2D eigenvalue weighted by Crippen LogP contribution is -2.21. The Morgan fingerprint density at radius 3 is 2.89 bits per heavy atom. The number of rotatable bonds is 4. The summed E-state index contributed by atoms with van der Waals surface area (Å²) in [6.07, 6.45) is 1.28. The number of nitrogens with one attached hydrogen (secondary N) is 1. The van der Waals surface area contributed by atoms with Crippen LogP contribution in [0.5, 0.6) is 0 Å². The lowest BCUT2D eigenvalue weighted by Gasteiger charge is -2.12. The highest BCUT2D eigenvalue weighted by molar-refractivity contribution is 6.19. The topological polar surface area (TPSA) is 68.0 Å². The number of amides is 1. The molecule has 100 valence electrons. The fourth-order valence-electron chi connectivity index (χ4n) is 1.56. The van der Waals surface area contributed by atoms with Crippen LogP contribution in [0.3, 0.4) is 0 Å². The molecule has 0 bridgehead atoms. The molecule has 2 rings (SSSR count). The molecule has 1 aromatic carbocycles. The second kappa shape index (κ2) is 5.84. The van der Waals surface area contributed by atoms with Gasteiger partial charge in [-0.15, -0.1) is 21.8 Å². The number of anilines is 1. The summed E-state index contributed by atoms with van der Waals surface area (Å²) in [4.78, 5) is 11.8. The average Bonchev–Trinajstić information content (AvgIpc) is 2.94. The molecule has 0 aliphatic carbocycles. The second-order valence-corrected chi connectivity index (χ2v) is 4.63. The summed E-state index contributed by atoms with van der Waals surface area (Å²) >= 11 is 5.66. The van der Waals surface area contributed by atoms with Crippen LogP contribution in [-0.4, -0.2) is 22.0 Å². The van der Waals surface area contributed by atoms with Gasteiger partial charge >= 0.3 is 0 Å². The zero-order valence-electron chi connectivity index (χ0n) is 10.7. The summed E-state index contributed by atoms with van der Waals surface area (Å²) in [6.45, 7) is 3.69. The molecule has 0 saturated carbocycles. The first-order chi connectivity index (χ1) is 9.11. The van der Waals surface area contributed by atoms with Gasteiger partial charge in [0, 0.05) is 23.0 Å². The van der Waals surface area contributed by atoms with Gasteiger partial charge < -0.3 is 9.73 Å². The third-order valence-corrected chi connectivity index (χ3v) is 3.23. The molecule has 6 heteroatoms. The van der Waals surface area contributed by atoms with Crippen molar-refractivity contribution in [2.45, 2.75) is 13.8 Å². The molecule has 1 amide bonds. The van der Waals surface area contributed by atoms with E-state index in [1.165, 1.54) is 6.39 Å². The Kier molecular flexibility index (Phi) is 4.16. The largest absolute Gasteiger partial charge is 0.423 e. The lowest BCUT2D eigenvalue weighted by atomic mass is 10.1. The van der Waals surface area contributed by atoms with E-state index in [2.05, 4.69) is 15.5 Å². The van der Waals surface area contributed by atoms with Crippen LogP contribution >= 0.6 is 11.6 Å². The Morgan fingerprint density at radius 2 is 2.32 bits per heavy atom. The third kappa shape index (κ3) is 3.12. The molecule has 0 aliphatic heterocycles. The van der Waals surface area contributed by atoms with Crippen LogP contribution in [0, 0.1) is 12.8 Å². The monoisotopic (exact) mass is 279 g/mol. The molecule has 1 aromatic heterocycles. The zero-order chi connectivity index (χ0) is 13.8. The normalized spacial score (nSPS) is 12.2. The number of hydrogen-bond donors (Lipinski definition) is 1. The third-order valence-electron chi connectivity index (χ3n) is 2.77. The van der Waals surface area contributed by atoms with Crippen LogP contribution < -0.4 is 5.32 Å². The van der Waals surface area contributed by atoms with Gasteiger partial charge in [-0.1, -0.05) is 6.92 Å². The Hall–Kier alpha value is -1.88. The van der Waals surface area contributed by atoms with Crippen LogP contribution in [0.1, 0.15) is 12.5 Å². The van der Waals surface area contributed by atoms with Gasteiger partial charge in [-0.3, -0.25) is 4.79 Å². The van der Waals surface area contributed by atoms with E-state index in [9.17, 15) is 4.79 Å². The van der Waals surface area contributed by atoms with Gasteiger partial charge in [0.05, 0.1) is 0 Å². The summed E-state index contributed by atoms with van der Waals surface area (Å²) in [6, 6.07) is 5.52. The molecule has 1 unspecified atom stereocenters. The van der Waals surface area contributed by atoms with Crippen molar-refractivity contribution in [1.82, 2.24) is 10.2 Å². The predicted molar refractivity (Wildman–Crippen MR) is 73.0 cm³/mol. The number of aryl methyl sites for hydroxylation is 1. The number of alkyl halides is 1. The van der Waals surface area contributed by atoms with E-state index in [0.717, 1.165) is 16.8 Å². The number of halogens is 1. The highest BCUT2D eigenvalue weighted by atomic mass is 35.5. The first-order valence-electron chi connectivity index (χ1n) is 5.86. The van der Waals surface area contributed by atoms with Crippen LogP contribution in [0.2, 0.25) is 0 Å². The van der Waals surface area contributed by atoms with E-state index in [4.69, 9.17) is 16.0 Å². The summed E-state index contributed by atoms with van der Waals surface area (Å²) in [5.41, 5.74) is 2.49. The maximum atomic E-state index is 11.8. The van der Waals surface area contributed by atoms with Gasteiger partial charge in [-0.05, 0) is 30.7 Å². The maximum absolute atomic E-state index is 11.8. The Morgan fingerprint density at radius 1 is 1.53 bits per heavy atom. The molecule has 0 spiro atoms. The molecular weight excluding hydrogens is 266 g/mol. The fourth-order valence-corrected chi connectivity index (χ4v) is 1.70.